The highest BCUT2D eigenvalue weighted by atomic mass is 19.1. The van der Waals surface area contributed by atoms with Crippen LogP contribution in [0.5, 0.6) is 5.75 Å². The standard InChI is InChI=1S/C15H21FN2O2/c1-17(2)15(19)13-7-5-9-18(13)10-11-20-14-8-4-3-6-12(14)16/h3-4,6,8,13H,5,7,9-11H2,1-2H3. The molecule has 20 heavy (non-hydrogen) atoms. The van der Waals surface area contributed by atoms with Crippen molar-refractivity contribution in [1.29, 1.82) is 0 Å². The lowest BCUT2D eigenvalue weighted by Gasteiger charge is -2.25. The van der Waals surface area contributed by atoms with Gasteiger partial charge in [0.15, 0.2) is 11.6 Å². The number of ether oxygens (including phenoxy) is 1. The zero-order chi connectivity index (χ0) is 14.5. The number of rotatable bonds is 5. The fourth-order valence-corrected chi connectivity index (χ4v) is 2.51. The molecule has 1 aromatic carbocycles. The number of hydrogen-bond acceptors (Lipinski definition) is 3. The van der Waals surface area contributed by atoms with Gasteiger partial charge in [-0.25, -0.2) is 4.39 Å². The normalized spacial score (nSPS) is 19.1. The zero-order valence-corrected chi connectivity index (χ0v) is 12.0. The van der Waals surface area contributed by atoms with Crippen LogP contribution in [0.1, 0.15) is 12.8 Å². The van der Waals surface area contributed by atoms with E-state index in [1.165, 1.54) is 6.07 Å². The molecule has 1 saturated heterocycles. The van der Waals surface area contributed by atoms with E-state index in [9.17, 15) is 9.18 Å². The average molecular weight is 280 g/mol. The molecule has 1 aliphatic rings. The molecule has 1 fully saturated rings. The van der Waals surface area contributed by atoms with E-state index in [2.05, 4.69) is 4.90 Å². The summed E-state index contributed by atoms with van der Waals surface area (Å²) in [4.78, 5) is 15.8. The summed E-state index contributed by atoms with van der Waals surface area (Å²) < 4.78 is 18.8. The van der Waals surface area contributed by atoms with Crippen LogP contribution in [0.3, 0.4) is 0 Å². The molecule has 1 aromatic rings. The van der Waals surface area contributed by atoms with Crippen LogP contribution >= 0.6 is 0 Å². The second-order valence-corrected chi connectivity index (χ2v) is 5.21. The molecule has 1 aliphatic heterocycles. The first-order valence-electron chi connectivity index (χ1n) is 6.92. The third-order valence-electron chi connectivity index (χ3n) is 3.56. The topological polar surface area (TPSA) is 32.8 Å². The van der Waals surface area contributed by atoms with E-state index < -0.39 is 0 Å². The SMILES string of the molecule is CN(C)C(=O)C1CCCN1CCOc1ccccc1F. The Balaban J connectivity index is 1.84. The Hall–Kier alpha value is -1.62. The quantitative estimate of drug-likeness (QED) is 0.824. The Morgan fingerprint density at radius 1 is 1.45 bits per heavy atom. The Bertz CT molecular complexity index is 465. The maximum Gasteiger partial charge on any atom is 0.239 e. The molecule has 2 rings (SSSR count). The van der Waals surface area contributed by atoms with Gasteiger partial charge in [-0.05, 0) is 31.5 Å². The summed E-state index contributed by atoms with van der Waals surface area (Å²) in [6, 6.07) is 6.31. The fourth-order valence-electron chi connectivity index (χ4n) is 2.51. The van der Waals surface area contributed by atoms with E-state index in [0.29, 0.717) is 13.2 Å². The number of halogens is 1. The van der Waals surface area contributed by atoms with Crippen LogP contribution in [0.25, 0.3) is 0 Å². The summed E-state index contributed by atoms with van der Waals surface area (Å²) in [6.45, 7) is 1.92. The minimum Gasteiger partial charge on any atom is -0.489 e. The number of carbonyl (C=O) groups is 1. The van der Waals surface area contributed by atoms with Gasteiger partial charge in [-0.15, -0.1) is 0 Å². The van der Waals surface area contributed by atoms with Crippen molar-refractivity contribution in [2.45, 2.75) is 18.9 Å². The maximum absolute atomic E-state index is 13.4. The Morgan fingerprint density at radius 3 is 2.90 bits per heavy atom. The summed E-state index contributed by atoms with van der Waals surface area (Å²) in [6.07, 6.45) is 1.90. The van der Waals surface area contributed by atoms with Crippen molar-refractivity contribution in [3.8, 4) is 5.75 Å². The summed E-state index contributed by atoms with van der Waals surface area (Å²) in [5, 5.41) is 0. The monoisotopic (exact) mass is 280 g/mol. The molecule has 0 aliphatic carbocycles. The number of para-hydroxylation sites is 1. The Kier molecular flexibility index (Phi) is 4.95. The van der Waals surface area contributed by atoms with Crippen LogP contribution in [0, 0.1) is 5.82 Å². The first-order chi connectivity index (χ1) is 9.59. The van der Waals surface area contributed by atoms with Crippen LogP contribution in [0.15, 0.2) is 24.3 Å². The van der Waals surface area contributed by atoms with Gasteiger partial charge in [-0.2, -0.15) is 0 Å². The maximum atomic E-state index is 13.4. The summed E-state index contributed by atoms with van der Waals surface area (Å²) in [5.41, 5.74) is 0. The highest BCUT2D eigenvalue weighted by molar-refractivity contribution is 5.81. The fraction of sp³-hybridized carbons (Fsp3) is 0.533. The van der Waals surface area contributed by atoms with E-state index in [4.69, 9.17) is 4.74 Å². The lowest BCUT2D eigenvalue weighted by molar-refractivity contribution is -0.133. The summed E-state index contributed by atoms with van der Waals surface area (Å²) in [5.74, 6) is 0.0467. The van der Waals surface area contributed by atoms with E-state index >= 15 is 0 Å². The molecule has 5 heteroatoms. The third-order valence-corrected chi connectivity index (χ3v) is 3.56. The van der Waals surface area contributed by atoms with Crippen LogP contribution in [-0.2, 0) is 4.79 Å². The van der Waals surface area contributed by atoms with Crippen molar-refractivity contribution in [1.82, 2.24) is 9.80 Å². The largest absolute Gasteiger partial charge is 0.489 e. The smallest absolute Gasteiger partial charge is 0.239 e. The molecule has 0 radical (unpaired) electrons. The predicted molar refractivity (Wildman–Crippen MR) is 75.2 cm³/mol. The Morgan fingerprint density at radius 2 is 2.20 bits per heavy atom. The number of amides is 1. The lowest BCUT2D eigenvalue weighted by atomic mass is 10.2. The second-order valence-electron chi connectivity index (χ2n) is 5.21. The van der Waals surface area contributed by atoms with Crippen LogP contribution in [-0.4, -0.2) is 55.5 Å². The number of nitrogens with zero attached hydrogens (tertiary/aromatic N) is 2. The molecule has 0 spiro atoms. The van der Waals surface area contributed by atoms with E-state index in [0.717, 1.165) is 19.4 Å². The van der Waals surface area contributed by atoms with Gasteiger partial charge >= 0.3 is 0 Å². The molecule has 0 saturated carbocycles. The van der Waals surface area contributed by atoms with Crippen molar-refractivity contribution >= 4 is 5.91 Å². The molecule has 1 heterocycles. The van der Waals surface area contributed by atoms with Crippen molar-refractivity contribution in [2.24, 2.45) is 0 Å². The zero-order valence-electron chi connectivity index (χ0n) is 12.0. The van der Waals surface area contributed by atoms with Gasteiger partial charge < -0.3 is 9.64 Å². The van der Waals surface area contributed by atoms with Crippen LogP contribution in [0.4, 0.5) is 4.39 Å². The second kappa shape index (κ2) is 6.70. The molecule has 0 bridgehead atoms. The highest BCUT2D eigenvalue weighted by Gasteiger charge is 2.31. The average Bonchev–Trinajstić information content (AvgIpc) is 2.88. The van der Waals surface area contributed by atoms with Gasteiger partial charge in [0.25, 0.3) is 0 Å². The molecule has 0 aromatic heterocycles. The van der Waals surface area contributed by atoms with Gasteiger partial charge in [-0.3, -0.25) is 9.69 Å². The molecule has 0 N–H and O–H groups in total. The Labute approximate surface area is 119 Å². The van der Waals surface area contributed by atoms with Gasteiger partial charge in [0, 0.05) is 20.6 Å². The summed E-state index contributed by atoms with van der Waals surface area (Å²) >= 11 is 0. The highest BCUT2D eigenvalue weighted by Crippen LogP contribution is 2.19. The predicted octanol–water partition coefficient (Wildman–Crippen LogP) is 1.76. The van der Waals surface area contributed by atoms with Gasteiger partial charge in [0.2, 0.25) is 5.91 Å². The summed E-state index contributed by atoms with van der Waals surface area (Å²) in [7, 11) is 3.54. The van der Waals surface area contributed by atoms with E-state index in [1.807, 2.05) is 0 Å². The van der Waals surface area contributed by atoms with E-state index in [-0.39, 0.29) is 23.5 Å². The number of benzene rings is 1. The minimum atomic E-state index is -0.352. The number of likely N-dealkylation sites (tertiary alicyclic amines) is 1. The molecule has 1 unspecified atom stereocenters. The molecule has 110 valence electrons. The van der Waals surface area contributed by atoms with Crippen molar-refractivity contribution < 1.29 is 13.9 Å². The van der Waals surface area contributed by atoms with E-state index in [1.54, 1.807) is 37.2 Å². The molecule has 1 atom stereocenters. The van der Waals surface area contributed by atoms with Gasteiger partial charge in [-0.1, -0.05) is 12.1 Å². The van der Waals surface area contributed by atoms with Crippen molar-refractivity contribution in [3.05, 3.63) is 30.1 Å². The van der Waals surface area contributed by atoms with Gasteiger partial charge in [0.1, 0.15) is 6.61 Å². The number of carbonyl (C=O) groups excluding carboxylic acids is 1. The molecule has 1 amide bonds. The van der Waals surface area contributed by atoms with Crippen LogP contribution < -0.4 is 4.74 Å². The first kappa shape index (κ1) is 14.8. The minimum absolute atomic E-state index is 0.0609. The van der Waals surface area contributed by atoms with Crippen molar-refractivity contribution in [2.75, 3.05) is 33.8 Å². The van der Waals surface area contributed by atoms with Crippen LogP contribution in [0.2, 0.25) is 0 Å². The molecular formula is C15H21FN2O2. The number of likely N-dealkylation sites (N-methyl/N-ethyl adjacent to an activating group) is 1. The van der Waals surface area contributed by atoms with Crippen molar-refractivity contribution in [3.63, 3.8) is 0 Å². The molecular weight excluding hydrogens is 259 g/mol. The molecule has 4 nitrogen and oxygen atoms in total. The first-order valence-corrected chi connectivity index (χ1v) is 6.92. The van der Waals surface area contributed by atoms with Gasteiger partial charge in [0.05, 0.1) is 6.04 Å². The third kappa shape index (κ3) is 3.48. The number of hydrogen-bond donors (Lipinski definition) is 0. The lowest BCUT2D eigenvalue weighted by Crippen LogP contribution is -2.44.